The van der Waals surface area contributed by atoms with Crippen LogP contribution in [0.25, 0.3) is 0 Å². The fourth-order valence-corrected chi connectivity index (χ4v) is 1.88. The van der Waals surface area contributed by atoms with Gasteiger partial charge in [-0.3, -0.25) is 10.1 Å². The molecule has 0 unspecified atom stereocenters. The quantitative estimate of drug-likeness (QED) is 0.477. The molecule has 26 heavy (non-hydrogen) atoms. The summed E-state index contributed by atoms with van der Waals surface area (Å²) >= 11 is 0. The topological polar surface area (TPSA) is 120 Å². The van der Waals surface area contributed by atoms with E-state index in [4.69, 9.17) is 10.5 Å². The fourth-order valence-electron chi connectivity index (χ4n) is 1.88. The van der Waals surface area contributed by atoms with Gasteiger partial charge in [0, 0.05) is 11.6 Å². The molecule has 2 aromatic rings. The lowest BCUT2D eigenvalue weighted by atomic mass is 10.2. The summed E-state index contributed by atoms with van der Waals surface area (Å²) < 4.78 is 43.4. The number of nitrogens with one attached hydrogen (secondary N) is 1. The van der Waals surface area contributed by atoms with E-state index in [1.165, 1.54) is 18.2 Å². The first kappa shape index (κ1) is 18.7. The molecule has 2 rings (SSSR count). The Morgan fingerprint density at radius 2 is 2.00 bits per heavy atom. The van der Waals surface area contributed by atoms with Gasteiger partial charge in [0.1, 0.15) is 5.75 Å². The van der Waals surface area contributed by atoms with Crippen LogP contribution in [0.5, 0.6) is 11.5 Å². The number of nitrogens with two attached hydrogens (primary N) is 1. The smallest absolute Gasteiger partial charge is 0.416 e. The molecule has 0 aliphatic rings. The number of carbonyl (C=O) groups is 1. The van der Waals surface area contributed by atoms with E-state index in [9.17, 15) is 28.1 Å². The van der Waals surface area contributed by atoms with Gasteiger partial charge in [0.25, 0.3) is 0 Å². The van der Waals surface area contributed by atoms with Gasteiger partial charge in [-0.1, -0.05) is 6.07 Å². The molecule has 8 nitrogen and oxygen atoms in total. The lowest BCUT2D eigenvalue weighted by Gasteiger charge is -2.10. The summed E-state index contributed by atoms with van der Waals surface area (Å²) in [4.78, 5) is 20.9. The zero-order chi connectivity index (χ0) is 19.3. The van der Waals surface area contributed by atoms with Crippen molar-refractivity contribution < 1.29 is 27.6 Å². The Morgan fingerprint density at radius 1 is 1.27 bits per heavy atom. The van der Waals surface area contributed by atoms with Crippen molar-refractivity contribution in [2.75, 3.05) is 0 Å². The molecular formula is C15H11F3N4O4. The molecule has 3 N–H and O–H groups in total. The van der Waals surface area contributed by atoms with Crippen LogP contribution in [0.4, 0.5) is 23.7 Å². The standard InChI is InChI=1S/C15H11F3N4O4/c16-15(17,18)10-2-1-3-11(7-10)26-13-5-4-9(6-12(13)22(24)25)8-20-21-14(19)23/h1-8H,(H3,19,21,23). The molecule has 0 aliphatic heterocycles. The Balaban J connectivity index is 2.31. The number of benzene rings is 2. The number of nitrogens with zero attached hydrogens (tertiary/aromatic N) is 2. The van der Waals surface area contributed by atoms with Crippen molar-refractivity contribution >= 4 is 17.9 Å². The van der Waals surface area contributed by atoms with Crippen LogP contribution < -0.4 is 15.9 Å². The minimum Gasteiger partial charge on any atom is -0.450 e. The van der Waals surface area contributed by atoms with Crippen LogP contribution in [-0.4, -0.2) is 17.2 Å². The molecule has 0 fully saturated rings. The van der Waals surface area contributed by atoms with Gasteiger partial charge in [-0.15, -0.1) is 0 Å². The second kappa shape index (κ2) is 7.51. The van der Waals surface area contributed by atoms with Crippen molar-refractivity contribution in [1.29, 1.82) is 0 Å². The summed E-state index contributed by atoms with van der Waals surface area (Å²) in [5, 5.41) is 14.6. The minimum absolute atomic E-state index is 0.209. The van der Waals surface area contributed by atoms with E-state index in [1.807, 2.05) is 5.43 Å². The molecule has 0 saturated heterocycles. The van der Waals surface area contributed by atoms with Crippen molar-refractivity contribution in [3.63, 3.8) is 0 Å². The van der Waals surface area contributed by atoms with Crippen molar-refractivity contribution in [3.05, 3.63) is 63.7 Å². The number of primary amides is 1. The van der Waals surface area contributed by atoms with E-state index in [1.54, 1.807) is 0 Å². The van der Waals surface area contributed by atoms with Gasteiger partial charge in [-0.05, 0) is 30.3 Å². The number of hydrogen-bond donors (Lipinski definition) is 2. The van der Waals surface area contributed by atoms with Gasteiger partial charge in [0.2, 0.25) is 5.75 Å². The van der Waals surface area contributed by atoms with Crippen molar-refractivity contribution in [2.24, 2.45) is 10.8 Å². The van der Waals surface area contributed by atoms with Crippen LogP contribution in [0.2, 0.25) is 0 Å². The van der Waals surface area contributed by atoms with Crippen LogP contribution in [0.15, 0.2) is 47.6 Å². The summed E-state index contributed by atoms with van der Waals surface area (Å²) in [6.07, 6.45) is -3.47. The van der Waals surface area contributed by atoms with E-state index < -0.39 is 28.4 Å². The third-order valence-corrected chi connectivity index (χ3v) is 2.96. The number of nitro groups is 1. The zero-order valence-corrected chi connectivity index (χ0v) is 12.9. The summed E-state index contributed by atoms with van der Waals surface area (Å²) in [5.41, 5.74) is 5.53. The van der Waals surface area contributed by atoms with Crippen molar-refractivity contribution in [2.45, 2.75) is 6.18 Å². The number of carbonyl (C=O) groups excluding carboxylic acids is 1. The number of urea groups is 1. The first-order valence-corrected chi connectivity index (χ1v) is 6.89. The average molecular weight is 368 g/mol. The van der Waals surface area contributed by atoms with Gasteiger partial charge in [-0.2, -0.15) is 18.3 Å². The first-order valence-electron chi connectivity index (χ1n) is 6.89. The van der Waals surface area contributed by atoms with E-state index in [-0.39, 0.29) is 17.1 Å². The normalized spacial score (nSPS) is 11.3. The SMILES string of the molecule is NC(=O)NN=Cc1ccc(Oc2cccc(C(F)(F)F)c2)c([N+](=O)[O-])c1. The number of halogens is 3. The maximum Gasteiger partial charge on any atom is 0.416 e. The molecule has 0 spiro atoms. The van der Waals surface area contributed by atoms with Crippen LogP contribution in [0.3, 0.4) is 0 Å². The molecule has 0 radical (unpaired) electrons. The highest BCUT2D eigenvalue weighted by molar-refractivity contribution is 5.83. The third kappa shape index (κ3) is 4.93. The summed E-state index contributed by atoms with van der Waals surface area (Å²) in [7, 11) is 0. The van der Waals surface area contributed by atoms with Crippen LogP contribution >= 0.6 is 0 Å². The highest BCUT2D eigenvalue weighted by atomic mass is 19.4. The van der Waals surface area contributed by atoms with Gasteiger partial charge in [0.05, 0.1) is 16.7 Å². The second-order valence-electron chi connectivity index (χ2n) is 4.85. The van der Waals surface area contributed by atoms with Gasteiger partial charge < -0.3 is 10.5 Å². The number of hydrogen-bond acceptors (Lipinski definition) is 5. The van der Waals surface area contributed by atoms with Crippen LogP contribution in [0, 0.1) is 10.1 Å². The predicted octanol–water partition coefficient (Wildman–Crippen LogP) is 3.41. The second-order valence-corrected chi connectivity index (χ2v) is 4.85. The lowest BCUT2D eigenvalue weighted by Crippen LogP contribution is -2.24. The predicted molar refractivity (Wildman–Crippen MR) is 84.9 cm³/mol. The average Bonchev–Trinajstić information content (AvgIpc) is 2.55. The number of amides is 2. The molecule has 2 aromatic carbocycles. The Kier molecular flexibility index (Phi) is 5.40. The Morgan fingerprint density at radius 3 is 2.62 bits per heavy atom. The van der Waals surface area contributed by atoms with Crippen molar-refractivity contribution in [1.82, 2.24) is 5.43 Å². The summed E-state index contributed by atoms with van der Waals surface area (Å²) in [5.74, 6) is -0.464. The number of ether oxygens (including phenoxy) is 1. The number of hydrazone groups is 1. The molecule has 0 aliphatic carbocycles. The molecule has 0 atom stereocenters. The number of alkyl halides is 3. The lowest BCUT2D eigenvalue weighted by molar-refractivity contribution is -0.385. The van der Waals surface area contributed by atoms with E-state index in [0.717, 1.165) is 30.5 Å². The molecule has 0 saturated carbocycles. The van der Waals surface area contributed by atoms with E-state index >= 15 is 0 Å². The minimum atomic E-state index is -4.57. The molecule has 11 heteroatoms. The highest BCUT2D eigenvalue weighted by Crippen LogP contribution is 2.35. The zero-order valence-electron chi connectivity index (χ0n) is 12.9. The molecular weight excluding hydrogens is 357 g/mol. The Labute approximate surface area is 144 Å². The maximum atomic E-state index is 12.7. The number of nitro benzene ring substituents is 1. The highest BCUT2D eigenvalue weighted by Gasteiger charge is 2.30. The molecule has 0 aromatic heterocycles. The molecule has 0 bridgehead atoms. The Hall–Kier alpha value is -3.63. The summed E-state index contributed by atoms with van der Waals surface area (Å²) in [6.45, 7) is 0. The third-order valence-electron chi connectivity index (χ3n) is 2.96. The molecule has 2 amide bonds. The van der Waals surface area contributed by atoms with Crippen LogP contribution in [-0.2, 0) is 6.18 Å². The largest absolute Gasteiger partial charge is 0.450 e. The first-order chi connectivity index (χ1) is 12.2. The summed E-state index contributed by atoms with van der Waals surface area (Å²) in [6, 6.07) is 6.68. The fraction of sp³-hybridized carbons (Fsp3) is 0.0667. The monoisotopic (exact) mass is 368 g/mol. The van der Waals surface area contributed by atoms with Gasteiger partial charge in [0.15, 0.2) is 0 Å². The van der Waals surface area contributed by atoms with Gasteiger partial charge >= 0.3 is 17.9 Å². The van der Waals surface area contributed by atoms with Gasteiger partial charge in [-0.25, -0.2) is 10.2 Å². The Bertz CT molecular complexity index is 868. The van der Waals surface area contributed by atoms with Crippen LogP contribution in [0.1, 0.15) is 11.1 Å². The number of rotatable bonds is 5. The van der Waals surface area contributed by atoms with E-state index in [0.29, 0.717) is 0 Å². The van der Waals surface area contributed by atoms with Crippen molar-refractivity contribution in [3.8, 4) is 11.5 Å². The maximum absolute atomic E-state index is 12.7. The molecule has 136 valence electrons. The molecule has 0 heterocycles. The van der Waals surface area contributed by atoms with E-state index in [2.05, 4.69) is 5.10 Å².